The molecule has 0 atom stereocenters. The third-order valence-corrected chi connectivity index (χ3v) is 4.35. The highest BCUT2D eigenvalue weighted by atomic mass is 32.1. The van der Waals surface area contributed by atoms with E-state index in [9.17, 15) is 14.4 Å². The van der Waals surface area contributed by atoms with Crippen molar-refractivity contribution >= 4 is 23.2 Å². The summed E-state index contributed by atoms with van der Waals surface area (Å²) >= 11 is 1.03. The molecule has 1 aromatic carbocycles. The summed E-state index contributed by atoms with van der Waals surface area (Å²) in [5.74, 6) is -0.394. The second kappa shape index (κ2) is 7.78. The van der Waals surface area contributed by atoms with Gasteiger partial charge in [0.05, 0.1) is 0 Å². The van der Waals surface area contributed by atoms with Crippen LogP contribution in [0.2, 0.25) is 0 Å². The molecule has 0 spiro atoms. The Bertz CT molecular complexity index is 810. The van der Waals surface area contributed by atoms with E-state index in [1.54, 1.807) is 18.4 Å². The molecule has 0 unspecified atom stereocenters. The van der Waals surface area contributed by atoms with E-state index in [0.717, 1.165) is 22.5 Å². The van der Waals surface area contributed by atoms with Crippen molar-refractivity contribution in [2.45, 2.75) is 27.3 Å². The number of aromatic nitrogens is 1. The number of carbonyl (C=O) groups excluding carboxylic acids is 2. The summed E-state index contributed by atoms with van der Waals surface area (Å²) in [6, 6.07) is 5.53. The molecule has 1 aromatic heterocycles. The predicted molar refractivity (Wildman–Crippen MR) is 91.0 cm³/mol. The first-order chi connectivity index (χ1) is 11.4. The number of hydrogen-bond donors (Lipinski definition) is 2. The monoisotopic (exact) mass is 349 g/mol. The van der Waals surface area contributed by atoms with Crippen LogP contribution in [0.15, 0.2) is 28.4 Å². The van der Waals surface area contributed by atoms with Crippen LogP contribution in [0.4, 0.5) is 0 Å². The zero-order chi connectivity index (χ0) is 17.7. The van der Waals surface area contributed by atoms with Gasteiger partial charge in [0.2, 0.25) is 0 Å². The van der Waals surface area contributed by atoms with Crippen molar-refractivity contribution in [3.05, 3.63) is 50.1 Å². The molecule has 2 N–H and O–H groups in total. The Morgan fingerprint density at radius 1 is 1.12 bits per heavy atom. The van der Waals surface area contributed by atoms with Gasteiger partial charge in [-0.15, -0.1) is 0 Å². The van der Waals surface area contributed by atoms with Crippen LogP contribution in [-0.2, 0) is 16.1 Å². The van der Waals surface area contributed by atoms with Gasteiger partial charge in [-0.1, -0.05) is 17.4 Å². The minimum Gasteiger partial charge on any atom is -0.484 e. The van der Waals surface area contributed by atoms with Crippen molar-refractivity contribution in [2.24, 2.45) is 0 Å². The standard InChI is InChI=1S/C16H19N3O4S/c1-10-4-5-13(6-11(10)2)23-8-15(21)18-17-14(20)7-19-12(3)9-24-16(19)22/h4-6,9H,7-8H2,1-3H3,(H,17,20)(H,18,21). The van der Waals surface area contributed by atoms with E-state index < -0.39 is 11.8 Å². The highest BCUT2D eigenvalue weighted by Gasteiger charge is 2.10. The second-order valence-corrected chi connectivity index (χ2v) is 6.18. The van der Waals surface area contributed by atoms with Gasteiger partial charge < -0.3 is 4.74 Å². The quantitative estimate of drug-likeness (QED) is 0.790. The molecule has 128 valence electrons. The number of amides is 2. The largest absolute Gasteiger partial charge is 0.484 e. The number of hydrazine groups is 1. The summed E-state index contributed by atoms with van der Waals surface area (Å²) in [5.41, 5.74) is 7.42. The van der Waals surface area contributed by atoms with E-state index in [1.165, 1.54) is 4.57 Å². The Kier molecular flexibility index (Phi) is 5.75. The van der Waals surface area contributed by atoms with E-state index in [0.29, 0.717) is 11.4 Å². The van der Waals surface area contributed by atoms with Gasteiger partial charge in [-0.05, 0) is 44.0 Å². The van der Waals surface area contributed by atoms with Crippen LogP contribution in [0.5, 0.6) is 5.75 Å². The second-order valence-electron chi connectivity index (χ2n) is 5.36. The van der Waals surface area contributed by atoms with E-state index in [4.69, 9.17) is 4.74 Å². The third kappa shape index (κ3) is 4.69. The molecule has 0 fully saturated rings. The molecule has 2 rings (SSSR count). The Morgan fingerprint density at radius 3 is 2.46 bits per heavy atom. The SMILES string of the molecule is Cc1ccc(OCC(=O)NNC(=O)Cn2c(C)csc2=O)cc1C. The summed E-state index contributed by atoms with van der Waals surface area (Å²) in [5, 5.41) is 1.67. The van der Waals surface area contributed by atoms with E-state index in [2.05, 4.69) is 10.9 Å². The first kappa shape index (κ1) is 17.7. The molecule has 7 nitrogen and oxygen atoms in total. The van der Waals surface area contributed by atoms with Gasteiger partial charge in [0, 0.05) is 11.1 Å². The molecule has 0 aliphatic heterocycles. The highest BCUT2D eigenvalue weighted by Crippen LogP contribution is 2.16. The van der Waals surface area contributed by atoms with Crippen LogP contribution >= 0.6 is 11.3 Å². The molecule has 8 heteroatoms. The van der Waals surface area contributed by atoms with E-state index in [-0.39, 0.29) is 18.0 Å². The number of thiazole rings is 1. The summed E-state index contributed by atoms with van der Waals surface area (Å²) in [6.07, 6.45) is 0. The smallest absolute Gasteiger partial charge is 0.307 e. The van der Waals surface area contributed by atoms with Gasteiger partial charge in [0.1, 0.15) is 12.3 Å². The first-order valence-electron chi connectivity index (χ1n) is 7.29. The molecule has 2 aromatic rings. The van der Waals surface area contributed by atoms with Gasteiger partial charge in [-0.3, -0.25) is 29.8 Å². The fourth-order valence-corrected chi connectivity index (χ4v) is 2.64. The average molecular weight is 349 g/mol. The Labute approximate surface area is 143 Å². The van der Waals surface area contributed by atoms with Crippen molar-refractivity contribution in [3.63, 3.8) is 0 Å². The zero-order valence-corrected chi connectivity index (χ0v) is 14.5. The lowest BCUT2D eigenvalue weighted by atomic mass is 10.1. The number of ether oxygens (including phenoxy) is 1. The maximum atomic E-state index is 11.8. The molecule has 2 amide bonds. The van der Waals surface area contributed by atoms with E-state index >= 15 is 0 Å². The number of rotatable bonds is 5. The molecule has 0 aliphatic rings. The van der Waals surface area contributed by atoms with Crippen molar-refractivity contribution in [1.82, 2.24) is 15.4 Å². The first-order valence-corrected chi connectivity index (χ1v) is 8.17. The molecule has 0 bridgehead atoms. The van der Waals surface area contributed by atoms with Gasteiger partial charge in [0.15, 0.2) is 6.61 Å². The molecule has 1 heterocycles. The number of aryl methyl sites for hydroxylation is 3. The molecule has 0 radical (unpaired) electrons. The molecule has 0 saturated carbocycles. The molecule has 0 saturated heterocycles. The Balaban J connectivity index is 1.77. The third-order valence-electron chi connectivity index (χ3n) is 3.47. The average Bonchev–Trinajstić information content (AvgIpc) is 2.86. The Hall–Kier alpha value is -2.61. The van der Waals surface area contributed by atoms with E-state index in [1.807, 2.05) is 26.0 Å². The number of hydrogen-bond acceptors (Lipinski definition) is 5. The summed E-state index contributed by atoms with van der Waals surface area (Å²) in [4.78, 5) is 34.7. The fourth-order valence-electron chi connectivity index (χ4n) is 1.91. The van der Waals surface area contributed by atoms with Crippen molar-refractivity contribution in [3.8, 4) is 5.75 Å². The van der Waals surface area contributed by atoms with Crippen LogP contribution in [0, 0.1) is 20.8 Å². The summed E-state index contributed by atoms with van der Waals surface area (Å²) < 4.78 is 6.69. The lowest BCUT2D eigenvalue weighted by Crippen LogP contribution is -2.45. The van der Waals surface area contributed by atoms with Crippen LogP contribution in [0.25, 0.3) is 0 Å². The van der Waals surface area contributed by atoms with Crippen LogP contribution in [-0.4, -0.2) is 23.0 Å². The van der Waals surface area contributed by atoms with Gasteiger partial charge in [0.25, 0.3) is 11.8 Å². The molecular formula is C16H19N3O4S. The lowest BCUT2D eigenvalue weighted by Gasteiger charge is -2.10. The topological polar surface area (TPSA) is 89.4 Å². The Morgan fingerprint density at radius 2 is 1.83 bits per heavy atom. The number of benzene rings is 1. The van der Waals surface area contributed by atoms with Crippen LogP contribution in [0.3, 0.4) is 0 Å². The fraction of sp³-hybridized carbons (Fsp3) is 0.312. The highest BCUT2D eigenvalue weighted by molar-refractivity contribution is 7.07. The maximum Gasteiger partial charge on any atom is 0.307 e. The summed E-state index contributed by atoms with van der Waals surface area (Å²) in [6.45, 7) is 5.31. The normalized spacial score (nSPS) is 10.3. The van der Waals surface area contributed by atoms with Crippen molar-refractivity contribution < 1.29 is 14.3 Å². The minimum absolute atomic E-state index is 0.146. The number of nitrogens with one attached hydrogen (secondary N) is 2. The molecule has 24 heavy (non-hydrogen) atoms. The lowest BCUT2D eigenvalue weighted by molar-refractivity contribution is -0.130. The molecule has 0 aliphatic carbocycles. The molecular weight excluding hydrogens is 330 g/mol. The number of carbonyl (C=O) groups is 2. The van der Waals surface area contributed by atoms with Crippen LogP contribution < -0.4 is 20.5 Å². The van der Waals surface area contributed by atoms with Crippen molar-refractivity contribution in [2.75, 3.05) is 6.61 Å². The predicted octanol–water partition coefficient (Wildman–Crippen LogP) is 1.06. The van der Waals surface area contributed by atoms with Gasteiger partial charge >= 0.3 is 4.87 Å². The maximum absolute atomic E-state index is 11.8. The minimum atomic E-state index is -0.490. The van der Waals surface area contributed by atoms with Crippen LogP contribution in [0.1, 0.15) is 16.8 Å². The number of nitrogens with zero attached hydrogens (tertiary/aromatic N) is 1. The van der Waals surface area contributed by atoms with Gasteiger partial charge in [-0.25, -0.2) is 0 Å². The zero-order valence-electron chi connectivity index (χ0n) is 13.7. The van der Waals surface area contributed by atoms with Gasteiger partial charge in [-0.2, -0.15) is 0 Å². The summed E-state index contributed by atoms with van der Waals surface area (Å²) in [7, 11) is 0. The van der Waals surface area contributed by atoms with Crippen molar-refractivity contribution in [1.29, 1.82) is 0 Å².